The molecule has 0 radical (unpaired) electrons. The zero-order valence-corrected chi connectivity index (χ0v) is 19.6. The number of imidazole rings is 1. The number of fused-ring (bicyclic) bond motifs is 1. The molecule has 2 aromatic rings. The molecule has 0 amide bonds. The molecule has 0 bridgehead atoms. The van der Waals surface area contributed by atoms with Crippen molar-refractivity contribution in [2.24, 2.45) is 0 Å². The van der Waals surface area contributed by atoms with E-state index >= 15 is 0 Å². The first-order valence-electron chi connectivity index (χ1n) is 11.8. The fraction of sp³-hybridized carbons (Fsp3) is 0.773. The van der Waals surface area contributed by atoms with Gasteiger partial charge in [-0.3, -0.25) is 9.47 Å². The number of nitrogens with zero attached hydrogens (tertiary/aromatic N) is 5. The lowest BCUT2D eigenvalue weighted by Crippen LogP contribution is -2.48. The van der Waals surface area contributed by atoms with Crippen molar-refractivity contribution in [2.75, 3.05) is 38.5 Å². The summed E-state index contributed by atoms with van der Waals surface area (Å²) in [5, 5.41) is 0. The number of hydrogen-bond donors (Lipinski definition) is 2. The highest BCUT2D eigenvalue weighted by molar-refractivity contribution is 5.81. The average Bonchev–Trinajstić information content (AvgIpc) is 3.04. The van der Waals surface area contributed by atoms with Crippen molar-refractivity contribution >= 4 is 17.0 Å². The van der Waals surface area contributed by atoms with Crippen LogP contribution < -0.4 is 16.2 Å². The lowest BCUT2D eigenvalue weighted by molar-refractivity contribution is 0.107. The van der Waals surface area contributed by atoms with E-state index in [-0.39, 0.29) is 23.6 Å². The van der Waals surface area contributed by atoms with Gasteiger partial charge in [-0.2, -0.15) is 9.97 Å². The maximum Gasteiger partial charge on any atom is 0.327 e. The maximum absolute atomic E-state index is 12.5. The number of aromatic nitrogens is 4. The predicted octanol–water partition coefficient (Wildman–Crippen LogP) is 2.47. The molecule has 9 nitrogen and oxygen atoms in total. The molecule has 0 aromatic carbocycles. The molecule has 31 heavy (non-hydrogen) atoms. The van der Waals surface area contributed by atoms with Crippen LogP contribution >= 0.6 is 0 Å². The zero-order chi connectivity index (χ0) is 22.4. The third-order valence-electron chi connectivity index (χ3n) is 6.13. The number of nitrogens with one attached hydrogen (secondary N) is 1. The summed E-state index contributed by atoms with van der Waals surface area (Å²) in [4.78, 5) is 29.0. The van der Waals surface area contributed by atoms with E-state index in [0.29, 0.717) is 23.8 Å². The second-order valence-corrected chi connectivity index (χ2v) is 8.92. The SMILES string of the molecule is CCC[C@H](C)Oc1nc(N)c2[nH]c(=O)n(CCCCCN3CCN(C(C)C)CC3)c2n1. The van der Waals surface area contributed by atoms with Crippen molar-refractivity contribution in [3.63, 3.8) is 0 Å². The van der Waals surface area contributed by atoms with Gasteiger partial charge in [0.05, 0.1) is 6.10 Å². The van der Waals surface area contributed by atoms with E-state index in [4.69, 9.17) is 10.5 Å². The highest BCUT2D eigenvalue weighted by Crippen LogP contribution is 2.19. The monoisotopic (exact) mass is 433 g/mol. The molecule has 0 aliphatic carbocycles. The van der Waals surface area contributed by atoms with Gasteiger partial charge in [0.25, 0.3) is 0 Å². The van der Waals surface area contributed by atoms with Crippen molar-refractivity contribution in [3.8, 4) is 6.01 Å². The first-order chi connectivity index (χ1) is 14.9. The van der Waals surface area contributed by atoms with Gasteiger partial charge in [-0.1, -0.05) is 19.8 Å². The van der Waals surface area contributed by atoms with Crippen LogP contribution in [-0.4, -0.2) is 74.2 Å². The van der Waals surface area contributed by atoms with E-state index in [1.54, 1.807) is 4.57 Å². The summed E-state index contributed by atoms with van der Waals surface area (Å²) in [6.45, 7) is 15.0. The van der Waals surface area contributed by atoms with Crippen LogP contribution in [0.25, 0.3) is 11.2 Å². The number of anilines is 1. The quantitative estimate of drug-likeness (QED) is 0.524. The summed E-state index contributed by atoms with van der Waals surface area (Å²) < 4.78 is 7.46. The normalized spacial score (nSPS) is 16.9. The smallest absolute Gasteiger partial charge is 0.327 e. The van der Waals surface area contributed by atoms with Gasteiger partial charge in [-0.05, 0) is 46.6 Å². The molecule has 1 fully saturated rings. The lowest BCUT2D eigenvalue weighted by Gasteiger charge is -2.36. The molecule has 0 spiro atoms. The minimum Gasteiger partial charge on any atom is -0.460 e. The molecule has 3 N–H and O–H groups in total. The Morgan fingerprint density at radius 3 is 2.45 bits per heavy atom. The molecule has 3 heterocycles. The van der Waals surface area contributed by atoms with Crippen LogP contribution in [0, 0.1) is 0 Å². The van der Waals surface area contributed by atoms with Crippen LogP contribution in [-0.2, 0) is 6.54 Å². The Kier molecular flexibility index (Phi) is 8.31. The van der Waals surface area contributed by atoms with E-state index in [1.807, 2.05) is 6.92 Å². The minimum absolute atomic E-state index is 0.00312. The van der Waals surface area contributed by atoms with E-state index in [2.05, 4.69) is 45.5 Å². The highest BCUT2D eigenvalue weighted by Gasteiger charge is 2.18. The molecule has 0 saturated carbocycles. The number of hydrogen-bond acceptors (Lipinski definition) is 7. The maximum atomic E-state index is 12.5. The molecule has 2 aromatic heterocycles. The number of unbranched alkanes of at least 4 members (excludes halogenated alkanes) is 2. The Labute approximate surface area is 185 Å². The van der Waals surface area contributed by atoms with Crippen LogP contribution in [0.4, 0.5) is 5.82 Å². The van der Waals surface area contributed by atoms with Crippen LogP contribution in [0.5, 0.6) is 6.01 Å². The number of nitrogen functional groups attached to an aromatic ring is 1. The van der Waals surface area contributed by atoms with Gasteiger partial charge in [0, 0.05) is 38.8 Å². The van der Waals surface area contributed by atoms with Crippen molar-refractivity contribution in [1.29, 1.82) is 0 Å². The molecule has 174 valence electrons. The van der Waals surface area contributed by atoms with Crippen LogP contribution in [0.3, 0.4) is 0 Å². The zero-order valence-electron chi connectivity index (χ0n) is 19.6. The van der Waals surface area contributed by atoms with Crippen LogP contribution in [0.15, 0.2) is 4.79 Å². The van der Waals surface area contributed by atoms with Gasteiger partial charge in [0.2, 0.25) is 0 Å². The lowest BCUT2D eigenvalue weighted by atomic mass is 10.2. The summed E-state index contributed by atoms with van der Waals surface area (Å²) in [6.07, 6.45) is 5.06. The van der Waals surface area contributed by atoms with Crippen molar-refractivity contribution in [3.05, 3.63) is 10.5 Å². The summed E-state index contributed by atoms with van der Waals surface area (Å²) in [5.74, 6) is 0.250. The molecule has 9 heteroatoms. The standard InChI is InChI=1S/C22H39N7O2/c1-5-9-17(4)31-21-25-19(23)18-20(26-21)29(22(30)24-18)11-8-6-7-10-27-12-14-28(15-13-27)16(2)3/h16-17H,5-15H2,1-4H3,(H,24,30)(H2,23,25,26)/t17-/m0/s1. The van der Waals surface area contributed by atoms with Crippen LogP contribution in [0.2, 0.25) is 0 Å². The van der Waals surface area contributed by atoms with E-state index in [1.165, 1.54) is 0 Å². The Balaban J connectivity index is 1.52. The number of aromatic amines is 1. The molecule has 3 rings (SSSR count). The summed E-state index contributed by atoms with van der Waals surface area (Å²) in [7, 11) is 0. The first kappa shape index (κ1) is 23.5. The molecule has 1 atom stereocenters. The van der Waals surface area contributed by atoms with Crippen molar-refractivity contribution in [1.82, 2.24) is 29.3 Å². The summed E-state index contributed by atoms with van der Waals surface area (Å²) >= 11 is 0. The van der Waals surface area contributed by atoms with E-state index < -0.39 is 0 Å². The van der Waals surface area contributed by atoms with Crippen molar-refractivity contribution < 1.29 is 4.74 Å². The summed E-state index contributed by atoms with van der Waals surface area (Å²) in [5.41, 5.74) is 6.88. The molecule has 1 aliphatic heterocycles. The molecule has 1 saturated heterocycles. The first-order valence-corrected chi connectivity index (χ1v) is 11.8. The van der Waals surface area contributed by atoms with Gasteiger partial charge >= 0.3 is 11.7 Å². The highest BCUT2D eigenvalue weighted by atomic mass is 16.5. The van der Waals surface area contributed by atoms with Gasteiger partial charge < -0.3 is 20.4 Å². The molecular weight excluding hydrogens is 394 g/mol. The third-order valence-corrected chi connectivity index (χ3v) is 6.13. The average molecular weight is 434 g/mol. The second-order valence-electron chi connectivity index (χ2n) is 8.92. The number of nitrogens with two attached hydrogens (primary N) is 1. The second kappa shape index (κ2) is 10.9. The van der Waals surface area contributed by atoms with Gasteiger partial charge in [-0.15, -0.1) is 0 Å². The van der Waals surface area contributed by atoms with E-state index in [0.717, 1.165) is 64.8 Å². The van der Waals surface area contributed by atoms with Gasteiger partial charge in [0.15, 0.2) is 11.5 Å². The van der Waals surface area contributed by atoms with E-state index in [9.17, 15) is 4.79 Å². The topological polar surface area (TPSA) is 105 Å². The Bertz CT molecular complexity index is 884. The number of ether oxygens (including phenoxy) is 1. The minimum atomic E-state index is -0.195. The van der Waals surface area contributed by atoms with Crippen LogP contribution in [0.1, 0.15) is 59.8 Å². The predicted molar refractivity (Wildman–Crippen MR) is 125 cm³/mol. The molecule has 0 unspecified atom stereocenters. The number of aryl methyl sites for hydroxylation is 1. The van der Waals surface area contributed by atoms with Gasteiger partial charge in [0.1, 0.15) is 5.52 Å². The number of piperazine rings is 1. The number of H-pyrrole nitrogens is 1. The Hall–Kier alpha value is -2.13. The fourth-order valence-electron chi connectivity index (χ4n) is 4.22. The number of rotatable bonds is 11. The van der Waals surface area contributed by atoms with Gasteiger partial charge in [-0.25, -0.2) is 4.79 Å². The fourth-order valence-corrected chi connectivity index (χ4v) is 4.22. The Morgan fingerprint density at radius 1 is 1.06 bits per heavy atom. The van der Waals surface area contributed by atoms with Crippen molar-refractivity contribution in [2.45, 2.75) is 78.5 Å². The largest absolute Gasteiger partial charge is 0.460 e. The third kappa shape index (κ3) is 6.20. The molecular formula is C22H39N7O2. The molecule has 1 aliphatic rings. The Morgan fingerprint density at radius 2 is 1.77 bits per heavy atom. The summed E-state index contributed by atoms with van der Waals surface area (Å²) in [6, 6.07) is 0.870.